The minimum absolute atomic E-state index is 0.0148. The van der Waals surface area contributed by atoms with Crippen molar-refractivity contribution in [3.8, 4) is 0 Å². The molecule has 0 saturated heterocycles. The van der Waals surface area contributed by atoms with Gasteiger partial charge in [-0.3, -0.25) is 4.79 Å². The highest BCUT2D eigenvalue weighted by Crippen LogP contribution is 2.36. The second kappa shape index (κ2) is 8.07. The first kappa shape index (κ1) is 18.7. The Bertz CT molecular complexity index is 749. The van der Waals surface area contributed by atoms with E-state index in [0.29, 0.717) is 21.1 Å². The molecule has 1 aromatic heterocycles. The van der Waals surface area contributed by atoms with E-state index in [4.69, 9.17) is 23.2 Å². The summed E-state index contributed by atoms with van der Waals surface area (Å²) in [6.07, 6.45) is 5.74. The molecule has 1 aliphatic rings. The summed E-state index contributed by atoms with van der Waals surface area (Å²) in [5.74, 6) is 0.339. The van der Waals surface area contributed by atoms with Crippen molar-refractivity contribution in [2.75, 3.05) is 5.32 Å². The fourth-order valence-corrected chi connectivity index (χ4v) is 4.55. The Morgan fingerprint density at radius 3 is 2.60 bits per heavy atom. The maximum absolute atomic E-state index is 13.0. The Labute approximate surface area is 162 Å². The lowest BCUT2D eigenvalue weighted by molar-refractivity contribution is -0.118. The lowest BCUT2D eigenvalue weighted by Gasteiger charge is -2.20. The Kier molecular flexibility index (Phi) is 6.03. The van der Waals surface area contributed by atoms with Crippen LogP contribution in [0.3, 0.4) is 0 Å². The van der Waals surface area contributed by atoms with Crippen molar-refractivity contribution in [3.63, 3.8) is 0 Å². The minimum Gasteiger partial charge on any atom is -0.301 e. The minimum atomic E-state index is -0.234. The van der Waals surface area contributed by atoms with Crippen LogP contribution in [0.1, 0.15) is 54.2 Å². The molecule has 2 aromatic rings. The molecule has 1 aromatic carbocycles. The van der Waals surface area contributed by atoms with E-state index < -0.39 is 0 Å². The first-order valence-corrected chi connectivity index (χ1v) is 10.2. The van der Waals surface area contributed by atoms with Crippen LogP contribution in [0, 0.1) is 19.8 Å². The van der Waals surface area contributed by atoms with E-state index >= 15 is 0 Å². The van der Waals surface area contributed by atoms with Gasteiger partial charge in [0.25, 0.3) is 0 Å². The maximum Gasteiger partial charge on any atom is 0.233 e. The van der Waals surface area contributed by atoms with Crippen LogP contribution >= 0.6 is 34.5 Å². The molecule has 25 heavy (non-hydrogen) atoms. The molecule has 1 heterocycles. The highest BCUT2D eigenvalue weighted by atomic mass is 35.5. The second-order valence-electron chi connectivity index (χ2n) is 6.76. The molecule has 0 spiro atoms. The van der Waals surface area contributed by atoms with Crippen LogP contribution in [-0.2, 0) is 4.79 Å². The molecular formula is C19H22Cl2N2OS. The number of rotatable bonds is 5. The van der Waals surface area contributed by atoms with Gasteiger partial charge in [-0.25, -0.2) is 4.98 Å². The summed E-state index contributed by atoms with van der Waals surface area (Å²) >= 11 is 13.7. The molecular weight excluding hydrogens is 375 g/mol. The predicted octanol–water partition coefficient (Wildman–Crippen LogP) is 6.37. The second-order valence-corrected chi connectivity index (χ2v) is 8.78. The smallest absolute Gasteiger partial charge is 0.233 e. The number of hydrogen-bond donors (Lipinski definition) is 1. The van der Waals surface area contributed by atoms with E-state index in [1.54, 1.807) is 6.07 Å². The fraction of sp³-hybridized carbons (Fsp3) is 0.474. The summed E-state index contributed by atoms with van der Waals surface area (Å²) in [5, 5.41) is 4.67. The number of nitrogens with one attached hydrogen (secondary N) is 1. The Hall–Kier alpha value is -1.10. The van der Waals surface area contributed by atoms with Crippen LogP contribution in [0.25, 0.3) is 0 Å². The van der Waals surface area contributed by atoms with Gasteiger partial charge in [0, 0.05) is 4.88 Å². The Morgan fingerprint density at radius 2 is 2.00 bits per heavy atom. The molecule has 0 radical (unpaired) electrons. The SMILES string of the molecule is Cc1nc(NC(=O)C(CC2CCCC2)c2ccc(Cl)c(Cl)c2)sc1C. The molecule has 3 nitrogen and oxygen atoms in total. The van der Waals surface area contributed by atoms with Gasteiger partial charge in [-0.1, -0.05) is 55.0 Å². The van der Waals surface area contributed by atoms with Gasteiger partial charge in [-0.2, -0.15) is 0 Å². The summed E-state index contributed by atoms with van der Waals surface area (Å²) in [7, 11) is 0. The maximum atomic E-state index is 13.0. The van der Waals surface area contributed by atoms with E-state index in [1.165, 1.54) is 37.0 Å². The summed E-state index contributed by atoms with van der Waals surface area (Å²) in [4.78, 5) is 18.5. The van der Waals surface area contributed by atoms with Crippen LogP contribution in [0.4, 0.5) is 5.13 Å². The molecule has 1 saturated carbocycles. The van der Waals surface area contributed by atoms with E-state index in [9.17, 15) is 4.79 Å². The zero-order chi connectivity index (χ0) is 18.0. The van der Waals surface area contributed by atoms with E-state index in [1.807, 2.05) is 26.0 Å². The molecule has 0 bridgehead atoms. The van der Waals surface area contributed by atoms with Gasteiger partial charge in [0.05, 0.1) is 21.7 Å². The number of amides is 1. The average molecular weight is 397 g/mol. The molecule has 1 N–H and O–H groups in total. The number of halogens is 2. The van der Waals surface area contributed by atoms with Gasteiger partial charge in [0.2, 0.25) is 5.91 Å². The molecule has 1 fully saturated rings. The Balaban J connectivity index is 1.83. The first-order chi connectivity index (χ1) is 11.9. The molecule has 3 rings (SSSR count). The van der Waals surface area contributed by atoms with Crippen molar-refractivity contribution in [1.82, 2.24) is 4.98 Å². The van der Waals surface area contributed by atoms with Crippen molar-refractivity contribution in [3.05, 3.63) is 44.4 Å². The van der Waals surface area contributed by atoms with Crippen molar-refractivity contribution >= 4 is 45.6 Å². The zero-order valence-corrected chi connectivity index (χ0v) is 16.8. The third-order valence-electron chi connectivity index (χ3n) is 4.96. The summed E-state index contributed by atoms with van der Waals surface area (Å²) in [5.41, 5.74) is 1.88. The molecule has 6 heteroatoms. The van der Waals surface area contributed by atoms with Crippen LogP contribution in [0.2, 0.25) is 10.0 Å². The van der Waals surface area contributed by atoms with Crippen LogP contribution in [0.5, 0.6) is 0 Å². The van der Waals surface area contributed by atoms with Crippen LogP contribution < -0.4 is 5.32 Å². The van der Waals surface area contributed by atoms with Crippen molar-refractivity contribution in [2.45, 2.75) is 51.9 Å². The molecule has 0 aliphatic heterocycles. The largest absolute Gasteiger partial charge is 0.301 e. The number of nitrogens with zero attached hydrogens (tertiary/aromatic N) is 1. The van der Waals surface area contributed by atoms with Gasteiger partial charge in [-0.15, -0.1) is 11.3 Å². The summed E-state index contributed by atoms with van der Waals surface area (Å²) in [6.45, 7) is 3.97. The van der Waals surface area contributed by atoms with Crippen molar-refractivity contribution < 1.29 is 4.79 Å². The normalized spacial score (nSPS) is 16.2. The zero-order valence-electron chi connectivity index (χ0n) is 14.4. The highest BCUT2D eigenvalue weighted by Gasteiger charge is 2.27. The van der Waals surface area contributed by atoms with Gasteiger partial charge in [-0.05, 0) is 43.9 Å². The topological polar surface area (TPSA) is 42.0 Å². The monoisotopic (exact) mass is 396 g/mol. The average Bonchev–Trinajstić information content (AvgIpc) is 3.18. The summed E-state index contributed by atoms with van der Waals surface area (Å²) in [6, 6.07) is 5.50. The van der Waals surface area contributed by atoms with Gasteiger partial charge in [0.1, 0.15) is 0 Å². The number of anilines is 1. The van der Waals surface area contributed by atoms with Gasteiger partial charge in [0.15, 0.2) is 5.13 Å². The number of thiazole rings is 1. The first-order valence-electron chi connectivity index (χ1n) is 8.64. The van der Waals surface area contributed by atoms with Crippen LogP contribution in [0.15, 0.2) is 18.2 Å². The Morgan fingerprint density at radius 1 is 1.28 bits per heavy atom. The van der Waals surface area contributed by atoms with E-state index in [0.717, 1.165) is 22.6 Å². The number of benzene rings is 1. The molecule has 1 aliphatic carbocycles. The number of carbonyl (C=O) groups is 1. The van der Waals surface area contributed by atoms with Crippen molar-refractivity contribution in [2.24, 2.45) is 5.92 Å². The fourth-order valence-electron chi connectivity index (χ4n) is 3.42. The molecule has 134 valence electrons. The van der Waals surface area contributed by atoms with Gasteiger partial charge < -0.3 is 5.32 Å². The lowest BCUT2D eigenvalue weighted by Crippen LogP contribution is -2.23. The highest BCUT2D eigenvalue weighted by molar-refractivity contribution is 7.15. The van der Waals surface area contributed by atoms with E-state index in [-0.39, 0.29) is 11.8 Å². The lowest BCUT2D eigenvalue weighted by atomic mass is 9.87. The standard InChI is InChI=1S/C19H22Cl2N2OS/c1-11-12(2)25-19(22-11)23-18(24)15(9-13-5-3-4-6-13)14-7-8-16(20)17(21)10-14/h7-8,10,13,15H,3-6,9H2,1-2H3,(H,22,23,24). The molecule has 1 unspecified atom stereocenters. The van der Waals surface area contributed by atoms with Crippen LogP contribution in [-0.4, -0.2) is 10.9 Å². The third-order valence-corrected chi connectivity index (χ3v) is 6.69. The molecule has 1 amide bonds. The van der Waals surface area contributed by atoms with Gasteiger partial charge >= 0.3 is 0 Å². The number of aryl methyl sites for hydroxylation is 2. The van der Waals surface area contributed by atoms with E-state index in [2.05, 4.69) is 10.3 Å². The third kappa shape index (κ3) is 4.55. The number of carbonyl (C=O) groups excluding carboxylic acids is 1. The number of hydrogen-bond acceptors (Lipinski definition) is 3. The summed E-state index contributed by atoms with van der Waals surface area (Å²) < 4.78 is 0. The quantitative estimate of drug-likeness (QED) is 0.637. The molecule has 1 atom stereocenters. The van der Waals surface area contributed by atoms with Crippen molar-refractivity contribution in [1.29, 1.82) is 0 Å². The predicted molar refractivity (Wildman–Crippen MR) is 106 cm³/mol. The number of aromatic nitrogens is 1.